The predicted octanol–water partition coefficient (Wildman–Crippen LogP) is 1.90. The second-order valence-corrected chi connectivity index (χ2v) is 4.30. The summed E-state index contributed by atoms with van der Waals surface area (Å²) in [5.41, 5.74) is 0.880. The van der Waals surface area contributed by atoms with Crippen LogP contribution < -0.4 is 5.32 Å². The molecule has 17 heavy (non-hydrogen) atoms. The topological polar surface area (TPSA) is 56.3 Å². The Bertz CT molecular complexity index is 384. The van der Waals surface area contributed by atoms with E-state index in [2.05, 4.69) is 22.2 Å². The van der Waals surface area contributed by atoms with Gasteiger partial charge in [0.2, 0.25) is 0 Å². The molecule has 2 rings (SSSR count). The SMILES string of the molecule is CNc1cc(COC)nc(C2CCC(C)O2)n1. The van der Waals surface area contributed by atoms with Gasteiger partial charge in [-0.1, -0.05) is 0 Å². The molecule has 2 unspecified atom stereocenters. The van der Waals surface area contributed by atoms with Crippen molar-refractivity contribution >= 4 is 5.82 Å². The minimum absolute atomic E-state index is 0.0221. The Morgan fingerprint density at radius 3 is 2.88 bits per heavy atom. The van der Waals surface area contributed by atoms with Crippen molar-refractivity contribution in [1.29, 1.82) is 0 Å². The summed E-state index contributed by atoms with van der Waals surface area (Å²) in [6.45, 7) is 2.57. The predicted molar refractivity (Wildman–Crippen MR) is 64.8 cm³/mol. The fourth-order valence-electron chi connectivity index (χ4n) is 2.00. The van der Waals surface area contributed by atoms with Crippen molar-refractivity contribution in [2.75, 3.05) is 19.5 Å². The van der Waals surface area contributed by atoms with E-state index in [9.17, 15) is 0 Å². The van der Waals surface area contributed by atoms with E-state index in [-0.39, 0.29) is 6.10 Å². The van der Waals surface area contributed by atoms with Crippen molar-refractivity contribution in [3.8, 4) is 0 Å². The molecule has 0 aliphatic carbocycles. The van der Waals surface area contributed by atoms with Crippen molar-refractivity contribution in [3.05, 3.63) is 17.6 Å². The van der Waals surface area contributed by atoms with E-state index in [0.717, 1.165) is 30.2 Å². The number of ether oxygens (including phenoxy) is 2. The molecule has 0 aromatic carbocycles. The minimum atomic E-state index is 0.0221. The highest BCUT2D eigenvalue weighted by Crippen LogP contribution is 2.31. The van der Waals surface area contributed by atoms with Crippen LogP contribution in [0.5, 0.6) is 0 Å². The molecule has 0 bridgehead atoms. The number of aromatic nitrogens is 2. The van der Waals surface area contributed by atoms with Crippen LogP contribution in [0, 0.1) is 0 Å². The summed E-state index contributed by atoms with van der Waals surface area (Å²) in [5.74, 6) is 1.57. The van der Waals surface area contributed by atoms with E-state index >= 15 is 0 Å². The lowest BCUT2D eigenvalue weighted by atomic mass is 10.2. The van der Waals surface area contributed by atoms with Gasteiger partial charge in [0.1, 0.15) is 11.9 Å². The van der Waals surface area contributed by atoms with Gasteiger partial charge in [-0.15, -0.1) is 0 Å². The number of methoxy groups -OCH3 is 1. The van der Waals surface area contributed by atoms with Gasteiger partial charge < -0.3 is 14.8 Å². The Morgan fingerprint density at radius 2 is 2.29 bits per heavy atom. The lowest BCUT2D eigenvalue weighted by Gasteiger charge is -2.12. The summed E-state index contributed by atoms with van der Waals surface area (Å²) < 4.78 is 10.9. The molecule has 94 valence electrons. The number of rotatable bonds is 4. The van der Waals surface area contributed by atoms with E-state index < -0.39 is 0 Å². The average molecular weight is 237 g/mol. The average Bonchev–Trinajstić information content (AvgIpc) is 2.76. The molecular weight excluding hydrogens is 218 g/mol. The van der Waals surface area contributed by atoms with Crippen LogP contribution in [0.3, 0.4) is 0 Å². The maximum Gasteiger partial charge on any atom is 0.159 e. The third-order valence-electron chi connectivity index (χ3n) is 2.86. The van der Waals surface area contributed by atoms with Crippen LogP contribution in [0.15, 0.2) is 6.07 Å². The summed E-state index contributed by atoms with van der Waals surface area (Å²) in [4.78, 5) is 8.93. The van der Waals surface area contributed by atoms with Crippen molar-refractivity contribution in [2.24, 2.45) is 0 Å². The highest BCUT2D eigenvalue weighted by atomic mass is 16.5. The fraction of sp³-hybridized carbons (Fsp3) is 0.667. The van der Waals surface area contributed by atoms with Crippen molar-refractivity contribution in [2.45, 2.75) is 38.6 Å². The maximum absolute atomic E-state index is 5.79. The highest BCUT2D eigenvalue weighted by molar-refractivity contribution is 5.35. The Kier molecular flexibility index (Phi) is 3.91. The van der Waals surface area contributed by atoms with Crippen LogP contribution >= 0.6 is 0 Å². The molecule has 1 aromatic heterocycles. The first-order chi connectivity index (χ1) is 8.22. The molecule has 0 spiro atoms. The van der Waals surface area contributed by atoms with Crippen molar-refractivity contribution in [3.63, 3.8) is 0 Å². The van der Waals surface area contributed by atoms with Gasteiger partial charge >= 0.3 is 0 Å². The molecule has 0 radical (unpaired) electrons. The number of nitrogens with one attached hydrogen (secondary N) is 1. The summed E-state index contributed by atoms with van der Waals surface area (Å²) in [6.07, 6.45) is 2.37. The first-order valence-electron chi connectivity index (χ1n) is 5.93. The second-order valence-electron chi connectivity index (χ2n) is 4.30. The van der Waals surface area contributed by atoms with Gasteiger partial charge in [-0.3, -0.25) is 0 Å². The van der Waals surface area contributed by atoms with Gasteiger partial charge in [0.15, 0.2) is 5.82 Å². The number of nitrogens with zero attached hydrogens (tertiary/aromatic N) is 2. The quantitative estimate of drug-likeness (QED) is 0.866. The summed E-state index contributed by atoms with van der Waals surface area (Å²) in [5, 5.41) is 3.04. The zero-order valence-electron chi connectivity index (χ0n) is 10.6. The fourth-order valence-corrected chi connectivity index (χ4v) is 2.00. The summed E-state index contributed by atoms with van der Waals surface area (Å²) in [6, 6.07) is 1.89. The van der Waals surface area contributed by atoms with Crippen LogP contribution in [0.2, 0.25) is 0 Å². The van der Waals surface area contributed by atoms with E-state index in [4.69, 9.17) is 9.47 Å². The van der Waals surface area contributed by atoms with Crippen molar-refractivity contribution < 1.29 is 9.47 Å². The van der Waals surface area contributed by atoms with Gasteiger partial charge in [0.05, 0.1) is 18.4 Å². The molecule has 0 amide bonds. The third kappa shape index (κ3) is 2.92. The van der Waals surface area contributed by atoms with Gasteiger partial charge in [0.25, 0.3) is 0 Å². The molecule has 2 heterocycles. The van der Waals surface area contributed by atoms with Gasteiger partial charge in [-0.2, -0.15) is 0 Å². The first-order valence-corrected chi connectivity index (χ1v) is 5.93. The van der Waals surface area contributed by atoms with Crippen LogP contribution in [-0.4, -0.2) is 30.2 Å². The van der Waals surface area contributed by atoms with Crippen LogP contribution in [-0.2, 0) is 16.1 Å². The van der Waals surface area contributed by atoms with Crippen LogP contribution in [0.25, 0.3) is 0 Å². The minimum Gasteiger partial charge on any atom is -0.378 e. The molecule has 2 atom stereocenters. The Balaban J connectivity index is 2.23. The molecular formula is C12H19N3O2. The van der Waals surface area contributed by atoms with E-state index in [0.29, 0.717) is 12.7 Å². The Morgan fingerprint density at radius 1 is 1.47 bits per heavy atom. The zero-order valence-corrected chi connectivity index (χ0v) is 10.6. The number of hydrogen-bond donors (Lipinski definition) is 1. The molecule has 1 N–H and O–H groups in total. The van der Waals surface area contributed by atoms with Crippen LogP contribution in [0.1, 0.15) is 37.4 Å². The molecule has 1 fully saturated rings. The zero-order chi connectivity index (χ0) is 12.3. The third-order valence-corrected chi connectivity index (χ3v) is 2.86. The molecule has 5 heteroatoms. The maximum atomic E-state index is 5.79. The first kappa shape index (κ1) is 12.3. The van der Waals surface area contributed by atoms with E-state index in [1.54, 1.807) is 7.11 Å². The van der Waals surface area contributed by atoms with Gasteiger partial charge in [0, 0.05) is 20.2 Å². The number of hydrogen-bond acceptors (Lipinski definition) is 5. The largest absolute Gasteiger partial charge is 0.378 e. The molecule has 1 aliphatic rings. The standard InChI is InChI=1S/C12H19N3O2/c1-8-4-5-10(17-8)12-14-9(7-16-3)6-11(13-2)15-12/h6,8,10H,4-5,7H2,1-3H3,(H,13,14,15). The summed E-state index contributed by atoms with van der Waals surface area (Å²) >= 11 is 0. The molecule has 1 aliphatic heterocycles. The summed E-state index contributed by atoms with van der Waals surface area (Å²) in [7, 11) is 3.51. The highest BCUT2D eigenvalue weighted by Gasteiger charge is 2.26. The Labute approximate surface area is 102 Å². The number of anilines is 1. The smallest absolute Gasteiger partial charge is 0.159 e. The molecule has 1 saturated heterocycles. The second kappa shape index (κ2) is 5.42. The normalized spacial score (nSPS) is 23.9. The molecule has 1 aromatic rings. The van der Waals surface area contributed by atoms with Crippen molar-refractivity contribution in [1.82, 2.24) is 9.97 Å². The van der Waals surface area contributed by atoms with Gasteiger partial charge in [-0.25, -0.2) is 9.97 Å². The van der Waals surface area contributed by atoms with Gasteiger partial charge in [-0.05, 0) is 19.8 Å². The lowest BCUT2D eigenvalue weighted by Crippen LogP contribution is -2.09. The van der Waals surface area contributed by atoms with E-state index in [1.165, 1.54) is 0 Å². The lowest BCUT2D eigenvalue weighted by molar-refractivity contribution is 0.0499. The molecule has 5 nitrogen and oxygen atoms in total. The van der Waals surface area contributed by atoms with E-state index in [1.807, 2.05) is 13.1 Å². The Hall–Kier alpha value is -1.20. The molecule has 0 saturated carbocycles. The van der Waals surface area contributed by atoms with Crippen LogP contribution in [0.4, 0.5) is 5.82 Å². The monoisotopic (exact) mass is 237 g/mol.